The number of nitrogens with zero attached hydrogens (tertiary/aromatic N) is 1. The Labute approximate surface area is 107 Å². The van der Waals surface area contributed by atoms with Gasteiger partial charge in [0.2, 0.25) is 0 Å². The van der Waals surface area contributed by atoms with Gasteiger partial charge in [-0.25, -0.2) is 0 Å². The van der Waals surface area contributed by atoms with E-state index in [1.54, 1.807) is 32.0 Å². The highest BCUT2D eigenvalue weighted by atomic mass is 32.2. The molecule has 96 valence electrons. The van der Waals surface area contributed by atoms with Crippen LogP contribution in [-0.4, -0.2) is 45.5 Å². The van der Waals surface area contributed by atoms with Crippen LogP contribution < -0.4 is 15.2 Å². The largest absolute Gasteiger partial charge is 0.493 e. The molecular weight excluding hydrogens is 236 g/mol. The Hall–Kier alpha value is -1.07. The van der Waals surface area contributed by atoms with E-state index < -0.39 is 0 Å². The first-order valence-electron chi connectivity index (χ1n) is 5.37. The van der Waals surface area contributed by atoms with Gasteiger partial charge in [0, 0.05) is 28.9 Å². The third-order valence-corrected chi connectivity index (χ3v) is 3.36. The molecule has 0 radical (unpaired) electrons. The number of rotatable bonds is 6. The minimum atomic E-state index is 0.668. The molecule has 4 nitrogen and oxygen atoms in total. The molecule has 1 aromatic carbocycles. The van der Waals surface area contributed by atoms with Crippen molar-refractivity contribution < 1.29 is 9.47 Å². The Morgan fingerprint density at radius 2 is 1.76 bits per heavy atom. The van der Waals surface area contributed by atoms with Gasteiger partial charge in [-0.05, 0) is 20.2 Å². The number of nitrogen functional groups attached to an aromatic ring is 1. The van der Waals surface area contributed by atoms with Crippen LogP contribution in [0.5, 0.6) is 11.5 Å². The summed E-state index contributed by atoms with van der Waals surface area (Å²) in [5.74, 6) is 2.38. The third-order valence-electron chi connectivity index (χ3n) is 2.31. The lowest BCUT2D eigenvalue weighted by Crippen LogP contribution is -2.14. The smallest absolute Gasteiger partial charge is 0.162 e. The lowest BCUT2D eigenvalue weighted by molar-refractivity contribution is 0.354. The lowest BCUT2D eigenvalue weighted by atomic mass is 10.3. The fraction of sp³-hybridized carbons (Fsp3) is 0.500. The van der Waals surface area contributed by atoms with Gasteiger partial charge in [0.15, 0.2) is 11.5 Å². The van der Waals surface area contributed by atoms with E-state index >= 15 is 0 Å². The van der Waals surface area contributed by atoms with Crippen molar-refractivity contribution in [1.29, 1.82) is 0 Å². The van der Waals surface area contributed by atoms with Gasteiger partial charge in [-0.1, -0.05) is 0 Å². The highest BCUT2D eigenvalue weighted by molar-refractivity contribution is 7.99. The monoisotopic (exact) mass is 256 g/mol. The van der Waals surface area contributed by atoms with Crippen LogP contribution in [-0.2, 0) is 0 Å². The van der Waals surface area contributed by atoms with Crippen molar-refractivity contribution in [3.8, 4) is 11.5 Å². The predicted molar refractivity (Wildman–Crippen MR) is 73.2 cm³/mol. The molecule has 0 unspecified atom stereocenters. The second-order valence-electron chi connectivity index (χ2n) is 3.90. The van der Waals surface area contributed by atoms with Crippen LogP contribution in [0, 0.1) is 0 Å². The summed E-state index contributed by atoms with van der Waals surface area (Å²) in [6, 6.07) is 3.73. The zero-order valence-electron chi connectivity index (χ0n) is 10.8. The first kappa shape index (κ1) is 14.0. The maximum Gasteiger partial charge on any atom is 0.162 e. The SMILES string of the molecule is COc1cc(N)c(SCCN(C)C)cc1OC. The summed E-state index contributed by atoms with van der Waals surface area (Å²) in [4.78, 5) is 3.17. The van der Waals surface area contributed by atoms with Gasteiger partial charge in [-0.15, -0.1) is 11.8 Å². The summed E-state index contributed by atoms with van der Waals surface area (Å²) >= 11 is 1.72. The zero-order valence-corrected chi connectivity index (χ0v) is 11.6. The molecule has 0 heterocycles. The van der Waals surface area contributed by atoms with Crippen LogP contribution >= 0.6 is 11.8 Å². The number of hydrogen-bond acceptors (Lipinski definition) is 5. The fourth-order valence-electron chi connectivity index (χ4n) is 1.34. The summed E-state index contributed by atoms with van der Waals surface area (Å²) in [6.07, 6.45) is 0. The van der Waals surface area contributed by atoms with Gasteiger partial charge in [0.1, 0.15) is 0 Å². The van der Waals surface area contributed by atoms with Crippen molar-refractivity contribution in [2.75, 3.05) is 46.3 Å². The molecule has 2 N–H and O–H groups in total. The van der Waals surface area contributed by atoms with Crippen LogP contribution in [0.2, 0.25) is 0 Å². The average molecular weight is 256 g/mol. The lowest BCUT2D eigenvalue weighted by Gasteiger charge is -2.13. The van der Waals surface area contributed by atoms with Crippen molar-refractivity contribution in [3.05, 3.63) is 12.1 Å². The van der Waals surface area contributed by atoms with E-state index in [1.165, 1.54) is 0 Å². The Kier molecular flexibility index (Phi) is 5.44. The number of benzene rings is 1. The van der Waals surface area contributed by atoms with Crippen LogP contribution in [0.4, 0.5) is 5.69 Å². The summed E-state index contributed by atoms with van der Waals surface area (Å²) in [5, 5.41) is 0. The number of anilines is 1. The van der Waals surface area contributed by atoms with E-state index in [-0.39, 0.29) is 0 Å². The number of nitrogens with two attached hydrogens (primary N) is 1. The Bertz CT molecular complexity index is 370. The van der Waals surface area contributed by atoms with Crippen molar-refractivity contribution >= 4 is 17.4 Å². The molecule has 1 rings (SSSR count). The molecule has 17 heavy (non-hydrogen) atoms. The summed E-state index contributed by atoms with van der Waals surface area (Å²) in [6.45, 7) is 1.01. The molecule has 0 atom stereocenters. The van der Waals surface area contributed by atoms with Crippen molar-refractivity contribution in [2.24, 2.45) is 0 Å². The Morgan fingerprint density at radius 1 is 1.18 bits per heavy atom. The highest BCUT2D eigenvalue weighted by Gasteiger charge is 2.09. The van der Waals surface area contributed by atoms with Crippen LogP contribution in [0.15, 0.2) is 17.0 Å². The Morgan fingerprint density at radius 3 is 2.29 bits per heavy atom. The van der Waals surface area contributed by atoms with Crippen molar-refractivity contribution in [2.45, 2.75) is 4.90 Å². The van der Waals surface area contributed by atoms with Gasteiger partial charge in [0.25, 0.3) is 0 Å². The van der Waals surface area contributed by atoms with E-state index in [2.05, 4.69) is 19.0 Å². The predicted octanol–water partition coefficient (Wildman–Crippen LogP) is 1.94. The highest BCUT2D eigenvalue weighted by Crippen LogP contribution is 2.36. The number of methoxy groups -OCH3 is 2. The molecule has 0 bridgehead atoms. The molecule has 0 aromatic heterocycles. The van der Waals surface area contributed by atoms with E-state index in [9.17, 15) is 0 Å². The summed E-state index contributed by atoms with van der Waals surface area (Å²) in [5.41, 5.74) is 6.70. The second-order valence-corrected chi connectivity index (χ2v) is 5.03. The minimum absolute atomic E-state index is 0.668. The van der Waals surface area contributed by atoms with Gasteiger partial charge in [-0.3, -0.25) is 0 Å². The van der Waals surface area contributed by atoms with E-state index in [4.69, 9.17) is 15.2 Å². The van der Waals surface area contributed by atoms with E-state index in [0.717, 1.165) is 22.9 Å². The topological polar surface area (TPSA) is 47.7 Å². The normalized spacial score (nSPS) is 10.6. The first-order chi connectivity index (χ1) is 8.08. The minimum Gasteiger partial charge on any atom is -0.493 e. The van der Waals surface area contributed by atoms with Gasteiger partial charge in [-0.2, -0.15) is 0 Å². The number of hydrogen-bond donors (Lipinski definition) is 1. The molecule has 0 fully saturated rings. The van der Waals surface area contributed by atoms with Crippen LogP contribution in [0.25, 0.3) is 0 Å². The third kappa shape index (κ3) is 4.02. The quantitative estimate of drug-likeness (QED) is 0.622. The molecule has 0 amide bonds. The van der Waals surface area contributed by atoms with Gasteiger partial charge >= 0.3 is 0 Å². The van der Waals surface area contributed by atoms with Crippen molar-refractivity contribution in [3.63, 3.8) is 0 Å². The number of ether oxygens (including phenoxy) is 2. The molecule has 5 heteroatoms. The van der Waals surface area contributed by atoms with Crippen LogP contribution in [0.1, 0.15) is 0 Å². The summed E-state index contributed by atoms with van der Waals surface area (Å²) < 4.78 is 10.4. The number of thioether (sulfide) groups is 1. The molecule has 0 saturated carbocycles. The molecule has 0 spiro atoms. The van der Waals surface area contributed by atoms with E-state index in [0.29, 0.717) is 11.5 Å². The molecule has 0 aliphatic heterocycles. The molecular formula is C12H20N2O2S. The average Bonchev–Trinajstić information content (AvgIpc) is 2.30. The maximum absolute atomic E-state index is 5.97. The standard InChI is InChI=1S/C12H20N2O2S/c1-14(2)5-6-17-12-8-11(16-4)10(15-3)7-9(12)13/h7-8H,5-6,13H2,1-4H3. The van der Waals surface area contributed by atoms with Crippen LogP contribution in [0.3, 0.4) is 0 Å². The zero-order chi connectivity index (χ0) is 12.8. The molecule has 0 aliphatic rings. The maximum atomic E-state index is 5.97. The van der Waals surface area contributed by atoms with Gasteiger partial charge in [0.05, 0.1) is 14.2 Å². The fourth-order valence-corrected chi connectivity index (χ4v) is 2.43. The van der Waals surface area contributed by atoms with Crippen molar-refractivity contribution in [1.82, 2.24) is 4.90 Å². The molecule has 1 aromatic rings. The second kappa shape index (κ2) is 6.61. The molecule has 0 saturated heterocycles. The van der Waals surface area contributed by atoms with E-state index in [1.807, 2.05) is 6.07 Å². The Balaban J connectivity index is 2.78. The molecule has 0 aliphatic carbocycles. The van der Waals surface area contributed by atoms with Gasteiger partial charge < -0.3 is 20.1 Å². The summed E-state index contributed by atoms with van der Waals surface area (Å²) in [7, 11) is 7.34. The first-order valence-corrected chi connectivity index (χ1v) is 6.36.